The summed E-state index contributed by atoms with van der Waals surface area (Å²) in [5.41, 5.74) is 1.78. The average Bonchev–Trinajstić information content (AvgIpc) is 2.53. The summed E-state index contributed by atoms with van der Waals surface area (Å²) in [7, 11) is -3.82. The average molecular weight is 389 g/mol. The maximum Gasteiger partial charge on any atom is 0.220 e. The minimum atomic E-state index is -1.91. The van der Waals surface area contributed by atoms with Gasteiger partial charge in [0, 0.05) is 24.6 Å². The minimum Gasteiger partial charge on any atom is -0.411 e. The van der Waals surface area contributed by atoms with E-state index in [9.17, 15) is 0 Å². The smallest absolute Gasteiger partial charge is 0.220 e. The lowest BCUT2D eigenvalue weighted by atomic mass is 10.2. The fraction of sp³-hybridized carbons (Fsp3) is 0.500. The molecule has 0 fully saturated rings. The lowest BCUT2D eigenvalue weighted by molar-refractivity contribution is 0.238. The van der Waals surface area contributed by atoms with Crippen molar-refractivity contribution < 1.29 is 8.85 Å². The second kappa shape index (κ2) is 8.12. The SMILES string of the molecule is CC(C)O[Si](C)(C)c1ccc(-c2ccc([Si](C)(C)OC(C)C)cn2)nc1. The summed E-state index contributed by atoms with van der Waals surface area (Å²) in [4.78, 5) is 9.27. The van der Waals surface area contributed by atoms with Crippen molar-refractivity contribution in [2.75, 3.05) is 0 Å². The molecule has 0 aromatic carbocycles. The van der Waals surface area contributed by atoms with Gasteiger partial charge in [-0.25, -0.2) is 0 Å². The molecule has 2 rings (SSSR count). The Morgan fingerprint density at radius 2 is 1.00 bits per heavy atom. The van der Waals surface area contributed by atoms with E-state index in [1.54, 1.807) is 0 Å². The Balaban J connectivity index is 2.19. The van der Waals surface area contributed by atoms with Gasteiger partial charge in [0.1, 0.15) is 0 Å². The summed E-state index contributed by atoms with van der Waals surface area (Å²) in [6, 6.07) is 8.35. The standard InChI is InChI=1S/C20H32N2O2Si2/c1-15(2)23-25(5,6)17-9-11-19(21-13-17)20-12-10-18(14-22-20)26(7,8)24-16(3)4/h9-16H,1-8H3. The molecule has 0 spiro atoms. The van der Waals surface area contributed by atoms with E-state index < -0.39 is 16.6 Å². The third-order valence-electron chi connectivity index (χ3n) is 4.24. The van der Waals surface area contributed by atoms with E-state index in [4.69, 9.17) is 8.85 Å². The number of rotatable bonds is 7. The van der Waals surface area contributed by atoms with Gasteiger partial charge in [0.25, 0.3) is 0 Å². The first kappa shape index (κ1) is 21.0. The van der Waals surface area contributed by atoms with E-state index in [0.29, 0.717) is 0 Å². The molecular weight excluding hydrogens is 356 g/mol. The van der Waals surface area contributed by atoms with Crippen LogP contribution in [0.15, 0.2) is 36.7 Å². The summed E-state index contributed by atoms with van der Waals surface area (Å²) in [5.74, 6) is 0. The molecular formula is C20H32N2O2Si2. The van der Waals surface area contributed by atoms with Crippen LogP contribution in [0.4, 0.5) is 0 Å². The van der Waals surface area contributed by atoms with Crippen LogP contribution in [0.3, 0.4) is 0 Å². The predicted octanol–water partition coefficient (Wildman–Crippen LogP) is 3.82. The van der Waals surface area contributed by atoms with Crippen LogP contribution in [-0.4, -0.2) is 38.8 Å². The van der Waals surface area contributed by atoms with Crippen LogP contribution in [0.25, 0.3) is 11.4 Å². The van der Waals surface area contributed by atoms with Crippen molar-refractivity contribution >= 4 is 27.0 Å². The molecule has 4 nitrogen and oxygen atoms in total. The van der Waals surface area contributed by atoms with Crippen LogP contribution >= 0.6 is 0 Å². The van der Waals surface area contributed by atoms with Crippen molar-refractivity contribution in [1.82, 2.24) is 9.97 Å². The van der Waals surface area contributed by atoms with E-state index in [1.165, 1.54) is 10.4 Å². The molecule has 6 heteroatoms. The van der Waals surface area contributed by atoms with E-state index in [-0.39, 0.29) is 12.2 Å². The molecule has 142 valence electrons. The van der Waals surface area contributed by atoms with Crippen molar-refractivity contribution in [2.24, 2.45) is 0 Å². The Hall–Kier alpha value is -1.35. The molecule has 0 unspecified atom stereocenters. The maximum atomic E-state index is 6.13. The molecule has 0 saturated carbocycles. The number of hydrogen-bond donors (Lipinski definition) is 0. The van der Waals surface area contributed by atoms with Crippen LogP contribution in [-0.2, 0) is 8.85 Å². The number of hydrogen-bond acceptors (Lipinski definition) is 4. The monoisotopic (exact) mass is 388 g/mol. The molecule has 26 heavy (non-hydrogen) atoms. The van der Waals surface area contributed by atoms with Crippen molar-refractivity contribution in [3.05, 3.63) is 36.7 Å². The molecule has 0 aliphatic carbocycles. The molecule has 2 heterocycles. The highest BCUT2D eigenvalue weighted by Crippen LogP contribution is 2.15. The zero-order valence-corrected chi connectivity index (χ0v) is 19.3. The molecule has 0 amide bonds. The van der Waals surface area contributed by atoms with Crippen LogP contribution in [0.5, 0.6) is 0 Å². The number of aromatic nitrogens is 2. The van der Waals surface area contributed by atoms with Gasteiger partial charge in [0.2, 0.25) is 16.6 Å². The van der Waals surface area contributed by atoms with E-state index in [0.717, 1.165) is 11.4 Å². The second-order valence-electron chi connectivity index (χ2n) is 8.22. The first-order valence-corrected chi connectivity index (χ1v) is 15.1. The van der Waals surface area contributed by atoms with Gasteiger partial charge >= 0.3 is 0 Å². The van der Waals surface area contributed by atoms with Gasteiger partial charge < -0.3 is 8.85 Å². The Bertz CT molecular complexity index is 648. The highest BCUT2D eigenvalue weighted by Gasteiger charge is 2.28. The van der Waals surface area contributed by atoms with Gasteiger partial charge in [-0.15, -0.1) is 0 Å². The molecule has 0 aliphatic heterocycles. The van der Waals surface area contributed by atoms with Gasteiger partial charge in [-0.1, -0.05) is 12.1 Å². The molecule has 0 aliphatic rings. The lowest BCUT2D eigenvalue weighted by Crippen LogP contribution is -2.46. The molecule has 2 aromatic rings. The van der Waals surface area contributed by atoms with Gasteiger partial charge in [-0.2, -0.15) is 0 Å². The van der Waals surface area contributed by atoms with Crippen LogP contribution < -0.4 is 10.4 Å². The van der Waals surface area contributed by atoms with Crippen LogP contribution in [0.2, 0.25) is 26.2 Å². The first-order chi connectivity index (χ1) is 12.0. The Labute approximate surface area is 160 Å². The summed E-state index contributed by atoms with van der Waals surface area (Å²) in [5, 5.41) is 2.40. The number of pyridine rings is 2. The van der Waals surface area contributed by atoms with Crippen molar-refractivity contribution in [1.29, 1.82) is 0 Å². The summed E-state index contributed by atoms with van der Waals surface area (Å²) in [6.45, 7) is 17.1. The van der Waals surface area contributed by atoms with Gasteiger partial charge in [0.15, 0.2) is 0 Å². The minimum absolute atomic E-state index is 0.228. The van der Waals surface area contributed by atoms with Gasteiger partial charge in [-0.05, 0) is 76.4 Å². The predicted molar refractivity (Wildman–Crippen MR) is 114 cm³/mol. The zero-order chi connectivity index (χ0) is 19.5. The van der Waals surface area contributed by atoms with Gasteiger partial charge in [-0.3, -0.25) is 9.97 Å². The van der Waals surface area contributed by atoms with Gasteiger partial charge in [0.05, 0.1) is 11.4 Å². The maximum absolute atomic E-state index is 6.13. The third-order valence-corrected chi connectivity index (χ3v) is 9.73. The summed E-state index contributed by atoms with van der Waals surface area (Å²) in [6.07, 6.45) is 4.34. The molecule has 0 atom stereocenters. The Morgan fingerprint density at radius 1 is 0.654 bits per heavy atom. The second-order valence-corrected chi connectivity index (χ2v) is 15.9. The Kier molecular flexibility index (Phi) is 6.55. The molecule has 0 N–H and O–H groups in total. The van der Waals surface area contributed by atoms with E-state index in [1.807, 2.05) is 24.5 Å². The van der Waals surface area contributed by atoms with Crippen molar-refractivity contribution in [3.8, 4) is 11.4 Å². The molecule has 2 aromatic heterocycles. The first-order valence-electron chi connectivity index (χ1n) is 9.30. The topological polar surface area (TPSA) is 44.2 Å². The fourth-order valence-electron chi connectivity index (χ4n) is 3.12. The third kappa shape index (κ3) is 5.33. The largest absolute Gasteiger partial charge is 0.411 e. The quantitative estimate of drug-likeness (QED) is 0.677. The molecule has 0 radical (unpaired) electrons. The highest BCUT2D eigenvalue weighted by molar-refractivity contribution is 6.84. The zero-order valence-electron chi connectivity index (χ0n) is 17.3. The van der Waals surface area contributed by atoms with Crippen molar-refractivity contribution in [3.63, 3.8) is 0 Å². The summed E-state index contributed by atoms with van der Waals surface area (Å²) < 4.78 is 12.3. The number of nitrogens with zero attached hydrogens (tertiary/aromatic N) is 2. The molecule has 0 bridgehead atoms. The lowest BCUT2D eigenvalue weighted by Gasteiger charge is -2.26. The van der Waals surface area contributed by atoms with E-state index in [2.05, 4.69) is 76.0 Å². The Morgan fingerprint density at radius 3 is 1.23 bits per heavy atom. The normalized spacial score (nSPS) is 12.8. The van der Waals surface area contributed by atoms with Crippen LogP contribution in [0, 0.1) is 0 Å². The van der Waals surface area contributed by atoms with Crippen molar-refractivity contribution in [2.45, 2.75) is 66.1 Å². The van der Waals surface area contributed by atoms with E-state index >= 15 is 0 Å². The van der Waals surface area contributed by atoms with Crippen LogP contribution in [0.1, 0.15) is 27.7 Å². The highest BCUT2D eigenvalue weighted by atomic mass is 28.4. The fourth-order valence-corrected chi connectivity index (χ4v) is 7.47. The molecule has 0 saturated heterocycles. The summed E-state index contributed by atoms with van der Waals surface area (Å²) >= 11 is 0.